The molecule has 0 aromatic heterocycles. The number of aliphatic carboxylic acids is 1. The van der Waals surface area contributed by atoms with E-state index in [9.17, 15) is 9.59 Å². The maximum absolute atomic E-state index is 11.9. The zero-order valence-electron chi connectivity index (χ0n) is 10.6. The van der Waals surface area contributed by atoms with Crippen LogP contribution in [0.1, 0.15) is 36.0 Å². The lowest BCUT2D eigenvalue weighted by Gasteiger charge is -2.08. The van der Waals surface area contributed by atoms with Crippen LogP contribution in [-0.2, 0) is 4.79 Å². The van der Waals surface area contributed by atoms with Crippen LogP contribution in [0, 0.1) is 0 Å². The first-order chi connectivity index (χ1) is 9.16. The molecule has 0 spiro atoms. The van der Waals surface area contributed by atoms with Crippen LogP contribution in [0.5, 0.6) is 11.5 Å². The number of hydrogen-bond donors (Lipinski definition) is 1. The smallest absolute Gasteiger partial charge is 0.303 e. The van der Waals surface area contributed by atoms with Crippen LogP contribution in [0.2, 0.25) is 0 Å². The van der Waals surface area contributed by atoms with Crippen LogP contribution in [0.4, 0.5) is 0 Å². The zero-order chi connectivity index (χ0) is 13.7. The largest absolute Gasteiger partial charge is 0.490 e. The van der Waals surface area contributed by atoms with Gasteiger partial charge in [-0.2, -0.15) is 0 Å². The van der Waals surface area contributed by atoms with Gasteiger partial charge in [0.25, 0.3) is 0 Å². The van der Waals surface area contributed by atoms with Crippen LogP contribution in [0.15, 0.2) is 18.2 Å². The highest BCUT2D eigenvalue weighted by molar-refractivity contribution is 5.96. The van der Waals surface area contributed by atoms with Crippen molar-refractivity contribution in [2.24, 2.45) is 0 Å². The van der Waals surface area contributed by atoms with Crippen molar-refractivity contribution >= 4 is 11.8 Å². The van der Waals surface area contributed by atoms with Gasteiger partial charge in [-0.05, 0) is 24.6 Å². The predicted molar refractivity (Wildman–Crippen MR) is 67.9 cm³/mol. The summed E-state index contributed by atoms with van der Waals surface area (Å²) < 4.78 is 11.0. The van der Waals surface area contributed by atoms with E-state index in [4.69, 9.17) is 14.6 Å². The highest BCUT2D eigenvalue weighted by Crippen LogP contribution is 2.30. The Kier molecular flexibility index (Phi) is 4.39. The van der Waals surface area contributed by atoms with Crippen molar-refractivity contribution in [3.05, 3.63) is 23.8 Å². The lowest BCUT2D eigenvalue weighted by molar-refractivity contribution is -0.137. The van der Waals surface area contributed by atoms with Gasteiger partial charge in [-0.25, -0.2) is 0 Å². The van der Waals surface area contributed by atoms with Crippen LogP contribution in [-0.4, -0.2) is 30.1 Å². The molecule has 19 heavy (non-hydrogen) atoms. The van der Waals surface area contributed by atoms with Crippen LogP contribution in [0.25, 0.3) is 0 Å². The SMILES string of the molecule is O=C(O)CCCC(=O)c1ccc2c(c1)OCCCO2. The molecule has 5 nitrogen and oxygen atoms in total. The highest BCUT2D eigenvalue weighted by Gasteiger charge is 2.14. The van der Waals surface area contributed by atoms with E-state index in [1.165, 1.54) is 0 Å². The Bertz CT molecular complexity index is 481. The molecule has 5 heteroatoms. The van der Waals surface area contributed by atoms with Crippen LogP contribution < -0.4 is 9.47 Å². The Labute approximate surface area is 111 Å². The van der Waals surface area contributed by atoms with E-state index in [2.05, 4.69) is 0 Å². The quantitative estimate of drug-likeness (QED) is 0.826. The van der Waals surface area contributed by atoms with Crippen molar-refractivity contribution in [3.63, 3.8) is 0 Å². The molecule has 0 fully saturated rings. The first kappa shape index (κ1) is 13.4. The highest BCUT2D eigenvalue weighted by atomic mass is 16.5. The van der Waals surface area contributed by atoms with Gasteiger partial charge in [0.15, 0.2) is 17.3 Å². The summed E-state index contributed by atoms with van der Waals surface area (Å²) in [4.78, 5) is 22.3. The summed E-state index contributed by atoms with van der Waals surface area (Å²) in [7, 11) is 0. The molecule has 0 aliphatic carbocycles. The molecule has 0 saturated heterocycles. The second-order valence-electron chi connectivity index (χ2n) is 4.38. The fourth-order valence-corrected chi connectivity index (χ4v) is 1.88. The van der Waals surface area contributed by atoms with Crippen LogP contribution in [0.3, 0.4) is 0 Å². The molecule has 0 radical (unpaired) electrons. The summed E-state index contributed by atoms with van der Waals surface area (Å²) in [5, 5.41) is 8.54. The first-order valence-corrected chi connectivity index (χ1v) is 6.31. The summed E-state index contributed by atoms with van der Waals surface area (Å²) in [5.74, 6) is 0.282. The third kappa shape index (κ3) is 3.71. The zero-order valence-corrected chi connectivity index (χ0v) is 10.6. The van der Waals surface area contributed by atoms with Crippen molar-refractivity contribution in [1.82, 2.24) is 0 Å². The van der Waals surface area contributed by atoms with Gasteiger partial charge < -0.3 is 14.6 Å². The Morgan fingerprint density at radius 3 is 2.58 bits per heavy atom. The maximum atomic E-state index is 11.9. The molecule has 1 heterocycles. The minimum Gasteiger partial charge on any atom is -0.490 e. The van der Waals surface area contributed by atoms with Gasteiger partial charge in [0.2, 0.25) is 0 Å². The molecule has 1 aromatic carbocycles. The van der Waals surface area contributed by atoms with Gasteiger partial charge in [0, 0.05) is 24.8 Å². The lowest BCUT2D eigenvalue weighted by atomic mass is 10.0. The second kappa shape index (κ2) is 6.22. The summed E-state index contributed by atoms with van der Waals surface area (Å²) >= 11 is 0. The number of carbonyl (C=O) groups excluding carboxylic acids is 1. The molecular formula is C14H16O5. The fraction of sp³-hybridized carbons (Fsp3) is 0.429. The van der Waals surface area contributed by atoms with Gasteiger partial charge in [0.05, 0.1) is 13.2 Å². The van der Waals surface area contributed by atoms with Gasteiger partial charge in [-0.3, -0.25) is 9.59 Å². The standard InChI is InChI=1S/C14H16O5/c15-11(3-1-4-14(16)17)10-5-6-12-13(9-10)19-8-2-7-18-12/h5-6,9H,1-4,7-8H2,(H,16,17). The van der Waals surface area contributed by atoms with E-state index in [0.29, 0.717) is 36.7 Å². The third-order valence-corrected chi connectivity index (χ3v) is 2.86. The molecule has 1 aliphatic heterocycles. The van der Waals surface area contributed by atoms with Gasteiger partial charge >= 0.3 is 5.97 Å². The van der Waals surface area contributed by atoms with Crippen molar-refractivity contribution in [2.75, 3.05) is 13.2 Å². The predicted octanol–water partition coefficient (Wildman–Crippen LogP) is 2.29. The van der Waals surface area contributed by atoms with E-state index in [0.717, 1.165) is 6.42 Å². The topological polar surface area (TPSA) is 72.8 Å². The number of fused-ring (bicyclic) bond motifs is 1. The van der Waals surface area contributed by atoms with Crippen molar-refractivity contribution < 1.29 is 24.2 Å². The number of ether oxygens (including phenoxy) is 2. The Morgan fingerprint density at radius 2 is 1.84 bits per heavy atom. The van der Waals surface area contributed by atoms with Crippen molar-refractivity contribution in [3.8, 4) is 11.5 Å². The third-order valence-electron chi connectivity index (χ3n) is 2.86. The van der Waals surface area contributed by atoms with Crippen molar-refractivity contribution in [2.45, 2.75) is 25.7 Å². The average molecular weight is 264 g/mol. The number of carboxylic acids is 1. The number of carbonyl (C=O) groups is 2. The Morgan fingerprint density at radius 1 is 1.11 bits per heavy atom. The van der Waals surface area contributed by atoms with E-state index in [1.54, 1.807) is 18.2 Å². The molecule has 1 aromatic rings. The molecule has 1 N–H and O–H groups in total. The molecule has 2 rings (SSSR count). The molecular weight excluding hydrogens is 248 g/mol. The molecule has 0 bridgehead atoms. The van der Waals surface area contributed by atoms with E-state index in [-0.39, 0.29) is 18.6 Å². The maximum Gasteiger partial charge on any atom is 0.303 e. The number of ketones is 1. The number of Topliss-reactive ketones (excluding diaryl/α,β-unsaturated/α-hetero) is 1. The second-order valence-corrected chi connectivity index (χ2v) is 4.38. The van der Waals surface area contributed by atoms with E-state index in [1.807, 2.05) is 0 Å². The molecule has 0 saturated carbocycles. The van der Waals surface area contributed by atoms with E-state index >= 15 is 0 Å². The Balaban J connectivity index is 2.02. The Hall–Kier alpha value is -2.04. The molecule has 0 amide bonds. The van der Waals surface area contributed by atoms with Gasteiger partial charge in [0.1, 0.15) is 0 Å². The summed E-state index contributed by atoms with van der Waals surface area (Å²) in [6.07, 6.45) is 1.40. The summed E-state index contributed by atoms with van der Waals surface area (Å²) in [6.45, 7) is 1.18. The number of carboxylic acid groups (broad SMARTS) is 1. The first-order valence-electron chi connectivity index (χ1n) is 6.31. The van der Waals surface area contributed by atoms with Crippen molar-refractivity contribution in [1.29, 1.82) is 0 Å². The number of benzene rings is 1. The minimum absolute atomic E-state index is 0.0102. The van der Waals surface area contributed by atoms with Gasteiger partial charge in [-0.15, -0.1) is 0 Å². The monoisotopic (exact) mass is 264 g/mol. The lowest BCUT2D eigenvalue weighted by Crippen LogP contribution is -2.02. The summed E-state index contributed by atoms with van der Waals surface area (Å²) in [6, 6.07) is 5.09. The normalized spacial score (nSPS) is 13.7. The molecule has 0 atom stereocenters. The molecule has 102 valence electrons. The fourth-order valence-electron chi connectivity index (χ4n) is 1.88. The summed E-state index contributed by atoms with van der Waals surface area (Å²) in [5.41, 5.74) is 0.537. The molecule has 1 aliphatic rings. The number of hydrogen-bond acceptors (Lipinski definition) is 4. The van der Waals surface area contributed by atoms with Crippen LogP contribution >= 0.6 is 0 Å². The molecule has 0 unspecified atom stereocenters. The average Bonchev–Trinajstić information content (AvgIpc) is 2.62. The van der Waals surface area contributed by atoms with E-state index < -0.39 is 5.97 Å². The minimum atomic E-state index is -0.883. The number of rotatable bonds is 5. The van der Waals surface area contributed by atoms with Gasteiger partial charge in [-0.1, -0.05) is 0 Å².